The molecule has 2 aliphatic rings. The molecule has 3 N–H and O–H groups in total. The molecule has 2 fully saturated rings. The average Bonchev–Trinajstić information content (AvgIpc) is 3.56. The second-order valence-electron chi connectivity index (χ2n) is 8.12. The number of nitrogens with one attached hydrogen (secondary N) is 1. The highest BCUT2D eigenvalue weighted by Gasteiger charge is 2.41. The summed E-state index contributed by atoms with van der Waals surface area (Å²) in [7, 11) is 1.51. The van der Waals surface area contributed by atoms with E-state index < -0.39 is 6.04 Å². The first-order chi connectivity index (χ1) is 14.0. The Labute approximate surface area is 173 Å². The maximum absolute atomic E-state index is 12.8. The van der Waals surface area contributed by atoms with Gasteiger partial charge in [-0.1, -0.05) is 24.3 Å². The maximum atomic E-state index is 12.8. The number of aryl methyl sites for hydroxylation is 1. The van der Waals surface area contributed by atoms with Crippen molar-refractivity contribution in [3.05, 3.63) is 35.4 Å². The number of likely N-dealkylation sites (tertiary alicyclic amines) is 1. The number of methoxy groups -OCH3 is 1. The first-order valence-corrected chi connectivity index (χ1v) is 10.6. The first kappa shape index (κ1) is 21.7. The van der Waals surface area contributed by atoms with Gasteiger partial charge in [0.05, 0.1) is 0 Å². The minimum atomic E-state index is -0.471. The Morgan fingerprint density at radius 2 is 2.00 bits per heavy atom. The van der Waals surface area contributed by atoms with Gasteiger partial charge in [-0.05, 0) is 43.7 Å². The Morgan fingerprint density at radius 3 is 2.66 bits per heavy atom. The summed E-state index contributed by atoms with van der Waals surface area (Å²) >= 11 is 0. The molecule has 1 unspecified atom stereocenters. The van der Waals surface area contributed by atoms with Gasteiger partial charge in [-0.15, -0.1) is 0 Å². The van der Waals surface area contributed by atoms with Crippen LogP contribution in [0.4, 0.5) is 0 Å². The van der Waals surface area contributed by atoms with Gasteiger partial charge >= 0.3 is 0 Å². The summed E-state index contributed by atoms with van der Waals surface area (Å²) in [4.78, 5) is 29.6. The Balaban J connectivity index is 1.75. The van der Waals surface area contributed by atoms with Crippen LogP contribution in [-0.4, -0.2) is 73.1 Å². The zero-order valence-electron chi connectivity index (χ0n) is 17.6. The fourth-order valence-corrected chi connectivity index (χ4v) is 4.26. The van der Waals surface area contributed by atoms with Crippen LogP contribution < -0.4 is 11.1 Å². The molecule has 160 valence electrons. The number of nitrogens with two attached hydrogens (primary N) is 1. The highest BCUT2D eigenvalue weighted by molar-refractivity contribution is 5.88. The third-order valence-electron chi connectivity index (χ3n) is 6.01. The standard InChI is InChI=1S/C22H34N4O3/c1-16-5-3-4-6-17(16)14-26(18-7-8-18)19-9-12-25(21(27)15-29-2)20(13-19)22(28)24-11-10-23/h3-6,18-20H,7-15,23H2,1-2H3,(H,24,28)/t19?,20-/m1/s1. The van der Waals surface area contributed by atoms with Crippen LogP contribution in [0.3, 0.4) is 0 Å². The number of benzene rings is 1. The van der Waals surface area contributed by atoms with Gasteiger partial charge in [-0.2, -0.15) is 0 Å². The Morgan fingerprint density at radius 1 is 1.24 bits per heavy atom. The Kier molecular flexibility index (Phi) is 7.64. The van der Waals surface area contributed by atoms with Crippen molar-refractivity contribution in [2.24, 2.45) is 5.73 Å². The SMILES string of the molecule is COCC(=O)N1CCC(N(Cc2ccccc2C)C2CC2)C[C@@H]1C(=O)NCCN. The van der Waals surface area contributed by atoms with Gasteiger partial charge in [0.25, 0.3) is 0 Å². The van der Waals surface area contributed by atoms with E-state index >= 15 is 0 Å². The predicted octanol–water partition coefficient (Wildman–Crippen LogP) is 1.04. The number of amides is 2. The van der Waals surface area contributed by atoms with Crippen LogP contribution in [0.25, 0.3) is 0 Å². The number of hydrogen-bond donors (Lipinski definition) is 2. The Bertz CT molecular complexity index is 707. The number of nitrogens with zero attached hydrogens (tertiary/aromatic N) is 2. The summed E-state index contributed by atoms with van der Waals surface area (Å²) in [6.45, 7) is 4.42. The molecule has 1 aromatic rings. The number of carbonyl (C=O) groups is 2. The van der Waals surface area contributed by atoms with E-state index in [9.17, 15) is 9.59 Å². The lowest BCUT2D eigenvalue weighted by atomic mass is 9.93. The minimum Gasteiger partial charge on any atom is -0.375 e. The van der Waals surface area contributed by atoms with Crippen molar-refractivity contribution < 1.29 is 14.3 Å². The molecule has 0 aromatic heterocycles. The number of carbonyl (C=O) groups excluding carboxylic acids is 2. The van der Waals surface area contributed by atoms with Crippen LogP contribution in [0.5, 0.6) is 0 Å². The van der Waals surface area contributed by atoms with E-state index in [1.54, 1.807) is 4.90 Å². The largest absolute Gasteiger partial charge is 0.375 e. The van der Waals surface area contributed by atoms with E-state index in [0.717, 1.165) is 13.0 Å². The predicted molar refractivity (Wildman–Crippen MR) is 112 cm³/mol. The molecule has 1 heterocycles. The van der Waals surface area contributed by atoms with Crippen LogP contribution in [0, 0.1) is 6.92 Å². The first-order valence-electron chi connectivity index (χ1n) is 10.6. The molecule has 1 saturated heterocycles. The third-order valence-corrected chi connectivity index (χ3v) is 6.01. The number of rotatable bonds is 9. The third kappa shape index (κ3) is 5.56. The zero-order chi connectivity index (χ0) is 20.8. The molecule has 7 nitrogen and oxygen atoms in total. The van der Waals surface area contributed by atoms with Crippen molar-refractivity contribution in [2.45, 2.75) is 57.3 Å². The molecule has 1 aliphatic carbocycles. The molecule has 0 bridgehead atoms. The van der Waals surface area contributed by atoms with E-state index in [-0.39, 0.29) is 24.5 Å². The quantitative estimate of drug-likeness (QED) is 0.644. The number of ether oxygens (including phenoxy) is 1. The van der Waals surface area contributed by atoms with E-state index in [1.807, 2.05) is 0 Å². The normalized spacial score (nSPS) is 22.0. The summed E-state index contributed by atoms with van der Waals surface area (Å²) in [5.74, 6) is -0.244. The second-order valence-corrected chi connectivity index (χ2v) is 8.12. The monoisotopic (exact) mass is 402 g/mol. The van der Waals surface area contributed by atoms with E-state index in [1.165, 1.54) is 31.1 Å². The summed E-state index contributed by atoms with van der Waals surface area (Å²) < 4.78 is 5.03. The van der Waals surface area contributed by atoms with Crippen molar-refractivity contribution in [3.8, 4) is 0 Å². The van der Waals surface area contributed by atoms with Gasteiger partial charge < -0.3 is 20.7 Å². The summed E-state index contributed by atoms with van der Waals surface area (Å²) in [6.07, 6.45) is 3.93. The zero-order valence-corrected chi connectivity index (χ0v) is 17.6. The lowest BCUT2D eigenvalue weighted by molar-refractivity contribution is -0.146. The maximum Gasteiger partial charge on any atom is 0.249 e. The Hall–Kier alpha value is -1.96. The van der Waals surface area contributed by atoms with Gasteiger partial charge in [0, 0.05) is 45.4 Å². The molecule has 0 spiro atoms. The molecular weight excluding hydrogens is 368 g/mol. The van der Waals surface area contributed by atoms with Gasteiger partial charge in [0.1, 0.15) is 12.6 Å². The molecule has 2 atom stereocenters. The summed E-state index contributed by atoms with van der Waals surface area (Å²) in [6, 6.07) is 8.88. The molecule has 7 heteroatoms. The molecule has 3 rings (SSSR count). The van der Waals surface area contributed by atoms with Crippen LogP contribution in [-0.2, 0) is 20.9 Å². The van der Waals surface area contributed by atoms with Crippen LogP contribution >= 0.6 is 0 Å². The van der Waals surface area contributed by atoms with Crippen molar-refractivity contribution in [3.63, 3.8) is 0 Å². The van der Waals surface area contributed by atoms with Crippen LogP contribution in [0.15, 0.2) is 24.3 Å². The molecule has 1 saturated carbocycles. The van der Waals surface area contributed by atoms with Crippen LogP contribution in [0.1, 0.15) is 36.8 Å². The molecule has 1 aromatic carbocycles. The van der Waals surface area contributed by atoms with E-state index in [2.05, 4.69) is 41.4 Å². The van der Waals surface area contributed by atoms with Crippen molar-refractivity contribution >= 4 is 11.8 Å². The number of hydrogen-bond acceptors (Lipinski definition) is 5. The second kappa shape index (κ2) is 10.2. The molecule has 2 amide bonds. The molecule has 0 radical (unpaired) electrons. The smallest absolute Gasteiger partial charge is 0.249 e. The van der Waals surface area contributed by atoms with Gasteiger partial charge in [0.2, 0.25) is 11.8 Å². The van der Waals surface area contributed by atoms with Crippen LogP contribution in [0.2, 0.25) is 0 Å². The lowest BCUT2D eigenvalue weighted by Gasteiger charge is -2.43. The van der Waals surface area contributed by atoms with Crippen molar-refractivity contribution in [1.29, 1.82) is 0 Å². The molecular formula is C22H34N4O3. The minimum absolute atomic E-state index is 0.000878. The molecule has 29 heavy (non-hydrogen) atoms. The summed E-state index contributed by atoms with van der Waals surface area (Å²) in [5.41, 5.74) is 8.18. The summed E-state index contributed by atoms with van der Waals surface area (Å²) in [5, 5.41) is 2.88. The fraction of sp³-hybridized carbons (Fsp3) is 0.636. The number of piperidine rings is 1. The topological polar surface area (TPSA) is 87.9 Å². The van der Waals surface area contributed by atoms with Gasteiger partial charge in [-0.25, -0.2) is 0 Å². The van der Waals surface area contributed by atoms with E-state index in [4.69, 9.17) is 10.5 Å². The van der Waals surface area contributed by atoms with Crippen molar-refractivity contribution in [2.75, 3.05) is 33.4 Å². The van der Waals surface area contributed by atoms with E-state index in [0.29, 0.717) is 32.1 Å². The average molecular weight is 403 g/mol. The highest BCUT2D eigenvalue weighted by Crippen LogP contribution is 2.35. The van der Waals surface area contributed by atoms with Crippen molar-refractivity contribution in [1.82, 2.24) is 15.1 Å². The van der Waals surface area contributed by atoms with Gasteiger partial charge in [0.15, 0.2) is 0 Å². The van der Waals surface area contributed by atoms with Gasteiger partial charge in [-0.3, -0.25) is 14.5 Å². The highest BCUT2D eigenvalue weighted by atomic mass is 16.5. The fourth-order valence-electron chi connectivity index (χ4n) is 4.26. The molecule has 1 aliphatic heterocycles. The lowest BCUT2D eigenvalue weighted by Crippen LogP contribution is -2.58.